The Balaban J connectivity index is 2.15. The van der Waals surface area contributed by atoms with Gasteiger partial charge in [0.25, 0.3) is 0 Å². The van der Waals surface area contributed by atoms with E-state index in [1.54, 1.807) is 0 Å². The van der Waals surface area contributed by atoms with Gasteiger partial charge in [-0.05, 0) is 52.0 Å². The molecule has 0 aliphatic rings. The average molecular weight is 302 g/mol. The summed E-state index contributed by atoms with van der Waals surface area (Å²) in [4.78, 5) is 0. The normalized spacial score (nSPS) is 10.7. The van der Waals surface area contributed by atoms with Crippen LogP contribution in [0.15, 0.2) is 30.3 Å². The zero-order valence-corrected chi connectivity index (χ0v) is 13.8. The Hall–Kier alpha value is -1.88. The van der Waals surface area contributed by atoms with Gasteiger partial charge in [-0.1, -0.05) is 18.2 Å². The second-order valence-corrected chi connectivity index (χ2v) is 5.79. The van der Waals surface area contributed by atoms with E-state index in [1.807, 2.05) is 29.8 Å². The van der Waals surface area contributed by atoms with Crippen LogP contribution in [0.2, 0.25) is 0 Å². The van der Waals surface area contributed by atoms with Gasteiger partial charge in [0.15, 0.2) is 5.11 Å². The van der Waals surface area contributed by atoms with Crippen LogP contribution in [-0.4, -0.2) is 20.9 Å². The summed E-state index contributed by atoms with van der Waals surface area (Å²) < 4.78 is 1.98. The van der Waals surface area contributed by atoms with Crippen LogP contribution in [0.1, 0.15) is 30.8 Å². The molecule has 112 valence electrons. The first-order valence-corrected chi connectivity index (χ1v) is 7.54. The van der Waals surface area contributed by atoms with Gasteiger partial charge in [0.05, 0.1) is 11.4 Å². The minimum Gasteiger partial charge on any atom is -0.361 e. The quantitative estimate of drug-likeness (QED) is 0.852. The zero-order valence-electron chi connectivity index (χ0n) is 13.0. The molecule has 0 spiro atoms. The minimum absolute atomic E-state index is 0.333. The molecule has 0 saturated heterocycles. The lowest BCUT2D eigenvalue weighted by Gasteiger charge is -2.13. The van der Waals surface area contributed by atoms with Crippen molar-refractivity contribution in [1.29, 1.82) is 0 Å². The highest BCUT2D eigenvalue weighted by Gasteiger charge is 2.12. The fraction of sp³-hybridized carbons (Fsp3) is 0.375. The van der Waals surface area contributed by atoms with Gasteiger partial charge in [-0.3, -0.25) is 0 Å². The molecule has 21 heavy (non-hydrogen) atoms. The number of benzene rings is 1. The van der Waals surface area contributed by atoms with Crippen LogP contribution >= 0.6 is 12.2 Å². The Kier molecular flexibility index (Phi) is 4.96. The molecule has 0 fully saturated rings. The molecule has 0 unspecified atom stereocenters. The Bertz CT molecular complexity index is 617. The van der Waals surface area contributed by atoms with Gasteiger partial charge < -0.3 is 10.6 Å². The van der Waals surface area contributed by atoms with Crippen LogP contribution < -0.4 is 10.6 Å². The van der Waals surface area contributed by atoms with Gasteiger partial charge in [-0.15, -0.1) is 0 Å². The van der Waals surface area contributed by atoms with Crippen molar-refractivity contribution >= 4 is 17.3 Å². The van der Waals surface area contributed by atoms with Gasteiger partial charge in [-0.25, -0.2) is 4.68 Å². The van der Waals surface area contributed by atoms with Crippen LogP contribution in [0, 0.1) is 13.8 Å². The Labute approximate surface area is 131 Å². The average Bonchev–Trinajstić information content (AvgIpc) is 2.72. The van der Waals surface area contributed by atoms with Crippen molar-refractivity contribution < 1.29 is 0 Å². The molecule has 4 nitrogen and oxygen atoms in total. The smallest absolute Gasteiger partial charge is 0.166 e. The minimum atomic E-state index is 0.333. The van der Waals surface area contributed by atoms with E-state index in [1.165, 1.54) is 5.56 Å². The number of nitrogens with zero attached hydrogens (tertiary/aromatic N) is 2. The molecule has 0 saturated carbocycles. The molecule has 2 rings (SSSR count). The maximum Gasteiger partial charge on any atom is 0.166 e. The van der Waals surface area contributed by atoms with Crippen molar-refractivity contribution in [2.75, 3.05) is 0 Å². The van der Waals surface area contributed by atoms with Crippen molar-refractivity contribution in [2.24, 2.45) is 0 Å². The molecule has 0 amide bonds. The summed E-state index contributed by atoms with van der Waals surface area (Å²) in [5.74, 6) is 0. The van der Waals surface area contributed by atoms with E-state index < -0.39 is 0 Å². The standard InChI is InChI=1S/C16H22N4S/c1-11(2)18-16(21)17-10-15-12(3)19-20(13(15)4)14-8-6-5-7-9-14/h5-9,11H,10H2,1-4H3,(H2,17,18,21). The molecule has 5 heteroatoms. The lowest BCUT2D eigenvalue weighted by molar-refractivity contribution is 0.711. The van der Waals surface area contributed by atoms with Crippen molar-refractivity contribution in [3.8, 4) is 5.69 Å². The fourth-order valence-electron chi connectivity index (χ4n) is 2.23. The maximum absolute atomic E-state index is 5.27. The molecule has 0 radical (unpaired) electrons. The van der Waals surface area contributed by atoms with E-state index in [9.17, 15) is 0 Å². The predicted octanol–water partition coefficient (Wildman–Crippen LogP) is 2.86. The highest BCUT2D eigenvalue weighted by atomic mass is 32.1. The highest BCUT2D eigenvalue weighted by molar-refractivity contribution is 7.80. The van der Waals surface area contributed by atoms with Crippen molar-refractivity contribution in [3.63, 3.8) is 0 Å². The first-order chi connectivity index (χ1) is 9.99. The molecule has 2 N–H and O–H groups in total. The molecule has 1 aromatic carbocycles. The molecule has 2 aromatic rings. The lowest BCUT2D eigenvalue weighted by atomic mass is 10.2. The van der Waals surface area contributed by atoms with Crippen LogP contribution in [-0.2, 0) is 6.54 Å². The summed E-state index contributed by atoms with van der Waals surface area (Å²) in [6, 6.07) is 10.5. The largest absolute Gasteiger partial charge is 0.361 e. The zero-order chi connectivity index (χ0) is 15.4. The Morgan fingerprint density at radius 1 is 1.24 bits per heavy atom. The summed E-state index contributed by atoms with van der Waals surface area (Å²) in [6.45, 7) is 8.93. The number of hydrogen-bond donors (Lipinski definition) is 2. The van der Waals surface area contributed by atoms with E-state index in [4.69, 9.17) is 12.2 Å². The summed E-state index contributed by atoms with van der Waals surface area (Å²) in [7, 11) is 0. The first-order valence-electron chi connectivity index (χ1n) is 7.14. The van der Waals surface area contributed by atoms with Gasteiger partial charge in [0, 0.05) is 23.8 Å². The molecular weight excluding hydrogens is 280 g/mol. The second-order valence-electron chi connectivity index (χ2n) is 5.38. The number of aryl methyl sites for hydroxylation is 1. The third kappa shape index (κ3) is 3.82. The number of hydrogen-bond acceptors (Lipinski definition) is 2. The summed E-state index contributed by atoms with van der Waals surface area (Å²) in [5.41, 5.74) is 4.42. The molecule has 0 atom stereocenters. The number of nitrogens with one attached hydrogen (secondary N) is 2. The Morgan fingerprint density at radius 3 is 2.52 bits per heavy atom. The van der Waals surface area contributed by atoms with Gasteiger partial charge >= 0.3 is 0 Å². The van der Waals surface area contributed by atoms with Crippen LogP contribution in [0.5, 0.6) is 0 Å². The third-order valence-corrected chi connectivity index (χ3v) is 3.55. The molecule has 1 aromatic heterocycles. The Morgan fingerprint density at radius 2 is 1.90 bits per heavy atom. The summed E-state index contributed by atoms with van der Waals surface area (Å²) in [5, 5.41) is 11.7. The number of aromatic nitrogens is 2. The topological polar surface area (TPSA) is 41.9 Å². The van der Waals surface area contributed by atoms with Crippen LogP contribution in [0.4, 0.5) is 0 Å². The van der Waals surface area contributed by atoms with Gasteiger partial charge in [-0.2, -0.15) is 5.10 Å². The van der Waals surface area contributed by atoms with E-state index in [2.05, 4.69) is 48.6 Å². The van der Waals surface area contributed by atoms with Gasteiger partial charge in [0.1, 0.15) is 0 Å². The van der Waals surface area contributed by atoms with Crippen LogP contribution in [0.25, 0.3) is 5.69 Å². The summed E-state index contributed by atoms with van der Waals surface area (Å²) >= 11 is 5.27. The molecule has 0 aliphatic carbocycles. The number of rotatable bonds is 4. The fourth-order valence-corrected chi connectivity index (χ4v) is 2.54. The van der Waals surface area contributed by atoms with Crippen molar-refractivity contribution in [3.05, 3.63) is 47.3 Å². The highest BCUT2D eigenvalue weighted by Crippen LogP contribution is 2.17. The second kappa shape index (κ2) is 6.72. The van der Waals surface area contributed by atoms with Crippen molar-refractivity contribution in [1.82, 2.24) is 20.4 Å². The molecule has 0 aliphatic heterocycles. The number of para-hydroxylation sites is 1. The SMILES string of the molecule is Cc1nn(-c2ccccc2)c(C)c1CNC(=S)NC(C)C. The van der Waals surface area contributed by atoms with Crippen molar-refractivity contribution in [2.45, 2.75) is 40.3 Å². The molecule has 1 heterocycles. The predicted molar refractivity (Wildman–Crippen MR) is 90.7 cm³/mol. The molecular formula is C16H22N4S. The monoisotopic (exact) mass is 302 g/mol. The van der Waals surface area contributed by atoms with E-state index in [0.717, 1.165) is 17.1 Å². The third-order valence-electron chi connectivity index (χ3n) is 3.29. The van der Waals surface area contributed by atoms with Gasteiger partial charge in [0.2, 0.25) is 0 Å². The summed E-state index contributed by atoms with van der Waals surface area (Å²) in [6.07, 6.45) is 0. The first kappa shape index (κ1) is 15.5. The van der Waals surface area contributed by atoms with Crippen LogP contribution in [0.3, 0.4) is 0 Å². The van der Waals surface area contributed by atoms with E-state index in [0.29, 0.717) is 17.7 Å². The maximum atomic E-state index is 5.27. The number of thiocarbonyl (C=S) groups is 1. The lowest BCUT2D eigenvalue weighted by Crippen LogP contribution is -2.38. The van der Waals surface area contributed by atoms with E-state index >= 15 is 0 Å². The van der Waals surface area contributed by atoms with E-state index in [-0.39, 0.29) is 0 Å². The molecule has 0 bridgehead atoms.